The van der Waals surface area contributed by atoms with Crippen molar-refractivity contribution in [1.29, 1.82) is 0 Å². The second-order valence-electron chi connectivity index (χ2n) is 13.2. The van der Waals surface area contributed by atoms with Crippen molar-refractivity contribution in [3.63, 3.8) is 0 Å². The lowest BCUT2D eigenvalue weighted by Gasteiger charge is -2.22. The first-order chi connectivity index (χ1) is 23.4. The maximum atomic E-state index is 6.37. The maximum Gasteiger partial charge on any atom is 0.128 e. The Labute approximate surface area is 281 Å². The molecular formula is C44H35N3O. The molecule has 8 rings (SSSR count). The summed E-state index contributed by atoms with van der Waals surface area (Å²) < 4.78 is 8.77. The molecule has 3 heterocycles. The van der Waals surface area contributed by atoms with Crippen LogP contribution in [0.4, 0.5) is 0 Å². The minimum absolute atomic E-state index is 0.0206. The van der Waals surface area contributed by atoms with E-state index in [9.17, 15) is 0 Å². The van der Waals surface area contributed by atoms with Crippen LogP contribution in [0, 0.1) is 0 Å². The number of aromatic nitrogens is 3. The third-order valence-electron chi connectivity index (χ3n) is 8.91. The van der Waals surface area contributed by atoms with Crippen molar-refractivity contribution in [3.8, 4) is 50.8 Å². The van der Waals surface area contributed by atoms with E-state index in [1.165, 1.54) is 22.1 Å². The zero-order valence-corrected chi connectivity index (χ0v) is 27.3. The Morgan fingerprint density at radius 1 is 0.521 bits per heavy atom. The van der Waals surface area contributed by atoms with Gasteiger partial charge in [0.2, 0.25) is 0 Å². The first-order valence-electron chi connectivity index (χ1n) is 16.3. The molecule has 0 aliphatic rings. The average Bonchev–Trinajstić information content (AvgIpc) is 3.45. The van der Waals surface area contributed by atoms with E-state index in [-0.39, 0.29) is 5.41 Å². The summed E-state index contributed by atoms with van der Waals surface area (Å²) in [6.07, 6.45) is 3.82. The van der Waals surface area contributed by atoms with Crippen LogP contribution in [-0.2, 0) is 5.41 Å². The summed E-state index contributed by atoms with van der Waals surface area (Å²) >= 11 is 0. The Kier molecular flexibility index (Phi) is 7.34. The van der Waals surface area contributed by atoms with Crippen LogP contribution in [0.15, 0.2) is 158 Å². The molecule has 232 valence electrons. The second-order valence-corrected chi connectivity index (χ2v) is 13.2. The van der Waals surface area contributed by atoms with Gasteiger partial charge in [0.25, 0.3) is 0 Å². The van der Waals surface area contributed by atoms with Gasteiger partial charge in [-0.15, -0.1) is 0 Å². The Hall–Kier alpha value is -6.00. The number of rotatable bonds is 6. The van der Waals surface area contributed by atoms with Crippen molar-refractivity contribution in [1.82, 2.24) is 14.5 Å². The van der Waals surface area contributed by atoms with E-state index >= 15 is 0 Å². The third kappa shape index (κ3) is 5.52. The molecule has 0 amide bonds. The minimum Gasteiger partial charge on any atom is -0.457 e. The van der Waals surface area contributed by atoms with Gasteiger partial charge in [-0.05, 0) is 77.2 Å². The number of pyridine rings is 2. The van der Waals surface area contributed by atoms with Crippen molar-refractivity contribution in [2.24, 2.45) is 0 Å². The molecule has 0 saturated carbocycles. The van der Waals surface area contributed by atoms with Crippen LogP contribution in [0.2, 0.25) is 0 Å². The smallest absolute Gasteiger partial charge is 0.128 e. The van der Waals surface area contributed by atoms with Crippen LogP contribution in [0.1, 0.15) is 26.3 Å². The first-order valence-corrected chi connectivity index (χ1v) is 16.3. The molecule has 4 heteroatoms. The van der Waals surface area contributed by atoms with Gasteiger partial charge in [0.15, 0.2) is 0 Å². The molecule has 0 aliphatic heterocycles. The molecule has 4 nitrogen and oxygen atoms in total. The Morgan fingerprint density at radius 2 is 1.21 bits per heavy atom. The van der Waals surface area contributed by atoms with Crippen molar-refractivity contribution in [2.75, 3.05) is 0 Å². The molecule has 0 N–H and O–H groups in total. The predicted molar refractivity (Wildman–Crippen MR) is 198 cm³/mol. The summed E-state index contributed by atoms with van der Waals surface area (Å²) in [5.41, 5.74) is 10.9. The molecule has 0 atom stereocenters. The van der Waals surface area contributed by atoms with E-state index in [0.717, 1.165) is 56.1 Å². The molecule has 0 saturated heterocycles. The largest absolute Gasteiger partial charge is 0.457 e. The number of para-hydroxylation sites is 1. The van der Waals surface area contributed by atoms with Gasteiger partial charge < -0.3 is 9.30 Å². The summed E-state index contributed by atoms with van der Waals surface area (Å²) in [5, 5.41) is 2.29. The van der Waals surface area contributed by atoms with Crippen molar-refractivity contribution < 1.29 is 4.74 Å². The summed E-state index contributed by atoms with van der Waals surface area (Å²) in [5.74, 6) is 1.50. The highest BCUT2D eigenvalue weighted by atomic mass is 16.5. The van der Waals surface area contributed by atoms with Gasteiger partial charge in [0.05, 0.1) is 28.1 Å². The number of benzene rings is 5. The van der Waals surface area contributed by atoms with Crippen LogP contribution in [0.3, 0.4) is 0 Å². The molecule has 0 aliphatic carbocycles. The highest BCUT2D eigenvalue weighted by Crippen LogP contribution is 2.39. The molecule has 48 heavy (non-hydrogen) atoms. The molecular weight excluding hydrogens is 587 g/mol. The van der Waals surface area contributed by atoms with Gasteiger partial charge in [-0.2, -0.15) is 0 Å². The predicted octanol–water partition coefficient (Wildman–Crippen LogP) is 11.7. The van der Waals surface area contributed by atoms with Gasteiger partial charge in [-0.25, -0.2) is 0 Å². The maximum absolute atomic E-state index is 6.37. The molecule has 3 aromatic heterocycles. The fourth-order valence-electron chi connectivity index (χ4n) is 6.43. The van der Waals surface area contributed by atoms with E-state index in [1.807, 2.05) is 60.8 Å². The number of ether oxygens (including phenoxy) is 1. The molecule has 5 aromatic carbocycles. The van der Waals surface area contributed by atoms with Crippen molar-refractivity contribution >= 4 is 21.8 Å². The van der Waals surface area contributed by atoms with Crippen LogP contribution in [0.25, 0.3) is 61.1 Å². The highest BCUT2D eigenvalue weighted by Gasteiger charge is 2.20. The van der Waals surface area contributed by atoms with Crippen molar-refractivity contribution in [2.45, 2.75) is 26.2 Å². The Bertz CT molecular complexity index is 2400. The number of hydrogen-bond acceptors (Lipinski definition) is 3. The zero-order chi connectivity index (χ0) is 32.7. The van der Waals surface area contributed by atoms with E-state index in [2.05, 4.69) is 121 Å². The van der Waals surface area contributed by atoms with Crippen LogP contribution < -0.4 is 4.74 Å². The monoisotopic (exact) mass is 621 g/mol. The lowest BCUT2D eigenvalue weighted by atomic mass is 9.85. The van der Waals surface area contributed by atoms with Gasteiger partial charge >= 0.3 is 0 Å². The lowest BCUT2D eigenvalue weighted by Crippen LogP contribution is -2.11. The molecule has 0 unspecified atom stereocenters. The number of fused-ring (bicyclic) bond motifs is 3. The fraction of sp³-hybridized carbons (Fsp3) is 0.0909. The Balaban J connectivity index is 1.25. The summed E-state index contributed by atoms with van der Waals surface area (Å²) in [4.78, 5) is 9.48. The molecule has 0 bridgehead atoms. The molecule has 0 radical (unpaired) electrons. The van der Waals surface area contributed by atoms with Crippen LogP contribution in [0.5, 0.6) is 11.5 Å². The van der Waals surface area contributed by atoms with Gasteiger partial charge in [0, 0.05) is 39.9 Å². The quantitative estimate of drug-likeness (QED) is 0.185. The summed E-state index contributed by atoms with van der Waals surface area (Å²) in [6.45, 7) is 6.80. The fourth-order valence-corrected chi connectivity index (χ4v) is 6.43. The lowest BCUT2D eigenvalue weighted by molar-refractivity contribution is 0.483. The Morgan fingerprint density at radius 3 is 1.94 bits per heavy atom. The van der Waals surface area contributed by atoms with Gasteiger partial charge in [-0.3, -0.25) is 9.97 Å². The average molecular weight is 622 g/mol. The third-order valence-corrected chi connectivity index (χ3v) is 8.91. The number of hydrogen-bond donors (Lipinski definition) is 0. The van der Waals surface area contributed by atoms with E-state index in [4.69, 9.17) is 9.72 Å². The van der Waals surface area contributed by atoms with Gasteiger partial charge in [-0.1, -0.05) is 106 Å². The van der Waals surface area contributed by atoms with Crippen LogP contribution >= 0.6 is 0 Å². The van der Waals surface area contributed by atoms with Gasteiger partial charge in [0.1, 0.15) is 11.5 Å². The highest BCUT2D eigenvalue weighted by molar-refractivity contribution is 6.10. The summed E-state index contributed by atoms with van der Waals surface area (Å²) in [7, 11) is 0. The topological polar surface area (TPSA) is 39.9 Å². The van der Waals surface area contributed by atoms with Crippen molar-refractivity contribution in [3.05, 3.63) is 164 Å². The summed E-state index contributed by atoms with van der Waals surface area (Å²) in [6, 6.07) is 50.5. The minimum atomic E-state index is 0.0206. The first kappa shape index (κ1) is 29.4. The second kappa shape index (κ2) is 12.0. The normalized spacial score (nSPS) is 11.6. The standard InChI is InChI=1S/C44H35N3O/c1-44(2,3)33-22-23-42(37(27-33)30-13-5-4-6-14-30)47-41-21-8-7-19-36(41)38-29-46-40(28-43(38)47)32-16-12-18-35(26-32)48-34-17-11-15-31(25-34)39-20-9-10-24-45-39/h4-29H,1-3H3. The molecule has 0 fully saturated rings. The molecule has 8 aromatic rings. The number of nitrogens with zero attached hydrogens (tertiary/aromatic N) is 3. The van der Waals surface area contributed by atoms with E-state index < -0.39 is 0 Å². The van der Waals surface area contributed by atoms with E-state index in [0.29, 0.717) is 0 Å². The van der Waals surface area contributed by atoms with Crippen LogP contribution in [-0.4, -0.2) is 14.5 Å². The zero-order valence-electron chi connectivity index (χ0n) is 27.3. The SMILES string of the molecule is CC(C)(C)c1ccc(-n2c3ccccc3c3cnc(-c4cccc(Oc5cccc(-c6ccccn6)c5)c4)cc32)c(-c2ccccc2)c1. The van der Waals surface area contributed by atoms with E-state index in [1.54, 1.807) is 6.20 Å². The molecule has 0 spiro atoms.